The molecule has 2 heterocycles. The number of carbonyl (C=O) groups is 2. The minimum Gasteiger partial charge on any atom is -0.497 e. The lowest BCUT2D eigenvalue weighted by Gasteiger charge is -2.25. The maximum absolute atomic E-state index is 12.5. The van der Waals surface area contributed by atoms with Crippen LogP contribution < -0.4 is 15.0 Å². The summed E-state index contributed by atoms with van der Waals surface area (Å²) < 4.78 is 5.37. The van der Waals surface area contributed by atoms with Gasteiger partial charge in [0.2, 0.25) is 11.8 Å². The van der Waals surface area contributed by atoms with Gasteiger partial charge in [-0.1, -0.05) is 12.5 Å². The zero-order chi connectivity index (χ0) is 19.8. The molecule has 1 aromatic rings. The zero-order valence-electron chi connectivity index (χ0n) is 17.0. The van der Waals surface area contributed by atoms with E-state index >= 15 is 0 Å². The van der Waals surface area contributed by atoms with Crippen LogP contribution in [0.25, 0.3) is 0 Å². The van der Waals surface area contributed by atoms with Gasteiger partial charge in [0.15, 0.2) is 0 Å². The molecule has 1 fully saturated rings. The predicted octanol–water partition coefficient (Wildman–Crippen LogP) is 2.75. The maximum Gasteiger partial charge on any atom is 0.239 e. The SMILES string of the molecule is COc1ccc2c(c1)N(CC(=O)NCCCN1CCCCCC1=O)CCCC2. The summed E-state index contributed by atoms with van der Waals surface area (Å²) in [6, 6.07) is 6.15. The number of hydrogen-bond donors (Lipinski definition) is 1. The first-order valence-corrected chi connectivity index (χ1v) is 10.6. The molecule has 3 rings (SSSR count). The van der Waals surface area contributed by atoms with E-state index in [0.717, 1.165) is 76.0 Å². The minimum atomic E-state index is 0.0397. The van der Waals surface area contributed by atoms with Gasteiger partial charge in [-0.15, -0.1) is 0 Å². The van der Waals surface area contributed by atoms with Crippen molar-refractivity contribution in [1.29, 1.82) is 0 Å². The van der Waals surface area contributed by atoms with Crippen LogP contribution in [0.3, 0.4) is 0 Å². The van der Waals surface area contributed by atoms with E-state index in [1.807, 2.05) is 17.0 Å². The Labute approximate surface area is 168 Å². The number of carbonyl (C=O) groups excluding carboxylic acids is 2. The molecular weight excluding hydrogens is 354 g/mol. The van der Waals surface area contributed by atoms with Gasteiger partial charge in [-0.3, -0.25) is 9.59 Å². The molecule has 0 aromatic heterocycles. The fourth-order valence-corrected chi connectivity index (χ4v) is 4.08. The lowest BCUT2D eigenvalue weighted by molar-refractivity contribution is -0.130. The van der Waals surface area contributed by atoms with Gasteiger partial charge >= 0.3 is 0 Å². The normalized spacial score (nSPS) is 17.5. The van der Waals surface area contributed by atoms with Gasteiger partial charge in [0.1, 0.15) is 5.75 Å². The monoisotopic (exact) mass is 387 g/mol. The summed E-state index contributed by atoms with van der Waals surface area (Å²) in [5.74, 6) is 1.13. The molecule has 2 aliphatic rings. The maximum atomic E-state index is 12.5. The Morgan fingerprint density at radius 2 is 1.86 bits per heavy atom. The van der Waals surface area contributed by atoms with Crippen molar-refractivity contribution in [2.75, 3.05) is 44.7 Å². The highest BCUT2D eigenvalue weighted by molar-refractivity contribution is 5.82. The third-order valence-electron chi connectivity index (χ3n) is 5.69. The molecule has 6 nitrogen and oxygen atoms in total. The molecule has 0 spiro atoms. The van der Waals surface area contributed by atoms with E-state index in [1.165, 1.54) is 5.56 Å². The van der Waals surface area contributed by atoms with E-state index in [-0.39, 0.29) is 11.8 Å². The van der Waals surface area contributed by atoms with Crippen molar-refractivity contribution in [3.8, 4) is 5.75 Å². The first-order chi connectivity index (χ1) is 13.7. The van der Waals surface area contributed by atoms with E-state index in [0.29, 0.717) is 19.5 Å². The second kappa shape index (κ2) is 10.3. The molecule has 154 valence electrons. The smallest absolute Gasteiger partial charge is 0.239 e. The van der Waals surface area contributed by atoms with E-state index in [1.54, 1.807) is 7.11 Å². The van der Waals surface area contributed by atoms with E-state index in [4.69, 9.17) is 4.74 Å². The van der Waals surface area contributed by atoms with Gasteiger partial charge < -0.3 is 19.9 Å². The standard InChI is InChI=1S/C22H33N3O3/c1-28-19-11-10-18-8-4-6-14-25(20(18)16-19)17-21(26)23-12-7-15-24-13-5-2-3-9-22(24)27/h10-11,16H,2-9,12-15,17H2,1H3,(H,23,26). The van der Waals surface area contributed by atoms with E-state index < -0.39 is 0 Å². The first-order valence-electron chi connectivity index (χ1n) is 10.6. The highest BCUT2D eigenvalue weighted by Gasteiger charge is 2.19. The molecule has 28 heavy (non-hydrogen) atoms. The van der Waals surface area contributed by atoms with Crippen molar-refractivity contribution in [2.45, 2.75) is 51.4 Å². The number of methoxy groups -OCH3 is 1. The first kappa shape index (κ1) is 20.5. The van der Waals surface area contributed by atoms with Gasteiger partial charge in [0.25, 0.3) is 0 Å². The summed E-state index contributed by atoms with van der Waals surface area (Å²) in [6.07, 6.45) is 7.99. The van der Waals surface area contributed by atoms with E-state index in [2.05, 4.69) is 16.3 Å². The molecule has 0 unspecified atom stereocenters. The Balaban J connectivity index is 1.47. The van der Waals surface area contributed by atoms with Crippen molar-refractivity contribution < 1.29 is 14.3 Å². The van der Waals surface area contributed by atoms with Crippen molar-refractivity contribution in [2.24, 2.45) is 0 Å². The molecule has 0 saturated carbocycles. The Kier molecular flexibility index (Phi) is 7.57. The minimum absolute atomic E-state index is 0.0397. The van der Waals surface area contributed by atoms with Gasteiger partial charge in [0.05, 0.1) is 13.7 Å². The number of nitrogens with one attached hydrogen (secondary N) is 1. The van der Waals surface area contributed by atoms with Crippen molar-refractivity contribution >= 4 is 17.5 Å². The third kappa shape index (κ3) is 5.63. The van der Waals surface area contributed by atoms with Crippen molar-refractivity contribution in [3.63, 3.8) is 0 Å². The summed E-state index contributed by atoms with van der Waals surface area (Å²) in [5.41, 5.74) is 2.40. The average molecular weight is 388 g/mol. The summed E-state index contributed by atoms with van der Waals surface area (Å²) in [5, 5.41) is 3.03. The number of benzene rings is 1. The highest BCUT2D eigenvalue weighted by Crippen LogP contribution is 2.30. The molecule has 0 radical (unpaired) electrons. The van der Waals surface area contributed by atoms with Crippen LogP contribution in [0.15, 0.2) is 18.2 Å². The number of rotatable bonds is 7. The Hall–Kier alpha value is -2.24. The van der Waals surface area contributed by atoms with Gasteiger partial charge in [-0.05, 0) is 50.2 Å². The van der Waals surface area contributed by atoms with Crippen LogP contribution in [0.2, 0.25) is 0 Å². The lowest BCUT2D eigenvalue weighted by Crippen LogP contribution is -2.39. The number of amides is 2. The fraction of sp³-hybridized carbons (Fsp3) is 0.636. The van der Waals surface area contributed by atoms with Crippen LogP contribution in [0, 0.1) is 0 Å². The number of anilines is 1. The quantitative estimate of drug-likeness (QED) is 0.731. The number of fused-ring (bicyclic) bond motifs is 1. The summed E-state index contributed by atoms with van der Waals surface area (Å²) in [7, 11) is 1.67. The van der Waals surface area contributed by atoms with Crippen LogP contribution in [0.1, 0.15) is 50.5 Å². The van der Waals surface area contributed by atoms with Crippen LogP contribution >= 0.6 is 0 Å². The molecule has 1 saturated heterocycles. The second-order valence-electron chi connectivity index (χ2n) is 7.77. The van der Waals surface area contributed by atoms with Crippen LogP contribution in [0.4, 0.5) is 5.69 Å². The Morgan fingerprint density at radius 3 is 2.71 bits per heavy atom. The number of likely N-dealkylation sites (tertiary alicyclic amines) is 1. The third-order valence-corrected chi connectivity index (χ3v) is 5.69. The summed E-state index contributed by atoms with van der Waals surface area (Å²) in [6.45, 7) is 3.46. The van der Waals surface area contributed by atoms with Gasteiger partial charge in [-0.25, -0.2) is 0 Å². The number of nitrogens with zero attached hydrogens (tertiary/aromatic N) is 2. The molecule has 0 bridgehead atoms. The fourth-order valence-electron chi connectivity index (χ4n) is 4.08. The van der Waals surface area contributed by atoms with Crippen LogP contribution in [-0.4, -0.2) is 56.5 Å². The molecule has 2 aliphatic heterocycles. The zero-order valence-corrected chi connectivity index (χ0v) is 17.0. The van der Waals surface area contributed by atoms with Crippen LogP contribution in [-0.2, 0) is 16.0 Å². The largest absolute Gasteiger partial charge is 0.497 e. The van der Waals surface area contributed by atoms with Crippen LogP contribution in [0.5, 0.6) is 5.75 Å². The summed E-state index contributed by atoms with van der Waals surface area (Å²) >= 11 is 0. The van der Waals surface area contributed by atoms with Gasteiger partial charge in [-0.2, -0.15) is 0 Å². The predicted molar refractivity (Wildman–Crippen MR) is 111 cm³/mol. The molecule has 2 amide bonds. The molecule has 0 atom stereocenters. The molecule has 1 aromatic carbocycles. The number of ether oxygens (including phenoxy) is 1. The van der Waals surface area contributed by atoms with Gasteiger partial charge in [0, 0.05) is 44.4 Å². The molecule has 1 N–H and O–H groups in total. The summed E-state index contributed by atoms with van der Waals surface area (Å²) in [4.78, 5) is 28.6. The molecule has 6 heteroatoms. The molecule has 0 aliphatic carbocycles. The Bertz CT molecular complexity index is 677. The second-order valence-corrected chi connectivity index (χ2v) is 7.77. The number of hydrogen-bond acceptors (Lipinski definition) is 4. The lowest BCUT2D eigenvalue weighted by atomic mass is 10.1. The van der Waals surface area contributed by atoms with Crippen molar-refractivity contribution in [1.82, 2.24) is 10.2 Å². The topological polar surface area (TPSA) is 61.9 Å². The van der Waals surface area contributed by atoms with E-state index in [9.17, 15) is 9.59 Å². The molecular formula is C22H33N3O3. The highest BCUT2D eigenvalue weighted by atomic mass is 16.5. The average Bonchev–Trinajstić information content (AvgIpc) is 3.03. The Morgan fingerprint density at radius 1 is 1.07 bits per heavy atom. The van der Waals surface area contributed by atoms with Crippen molar-refractivity contribution in [3.05, 3.63) is 23.8 Å². The number of aryl methyl sites for hydroxylation is 1.